The highest BCUT2D eigenvalue weighted by Crippen LogP contribution is 2.27. The van der Waals surface area contributed by atoms with Gasteiger partial charge in [-0.1, -0.05) is 65.7 Å². The zero-order valence-electron chi connectivity index (χ0n) is 21.3. The number of nitrogens with zero attached hydrogens (tertiary/aromatic N) is 2. The minimum atomic E-state index is -4.13. The van der Waals surface area contributed by atoms with E-state index in [1.807, 2.05) is 6.92 Å². The van der Waals surface area contributed by atoms with E-state index >= 15 is 0 Å². The van der Waals surface area contributed by atoms with E-state index in [9.17, 15) is 22.4 Å². The number of benzene rings is 3. The van der Waals surface area contributed by atoms with Crippen LogP contribution in [-0.2, 0) is 26.2 Å². The van der Waals surface area contributed by atoms with Gasteiger partial charge in [0.1, 0.15) is 18.4 Å². The van der Waals surface area contributed by atoms with Gasteiger partial charge < -0.3 is 10.2 Å². The first-order chi connectivity index (χ1) is 18.1. The zero-order chi connectivity index (χ0) is 27.7. The maximum absolute atomic E-state index is 13.8. The van der Waals surface area contributed by atoms with Crippen molar-refractivity contribution >= 4 is 43.5 Å². The number of carbonyl (C=O) groups is 2. The van der Waals surface area contributed by atoms with Crippen molar-refractivity contribution in [3.8, 4) is 0 Å². The Labute approximate surface area is 231 Å². The summed E-state index contributed by atoms with van der Waals surface area (Å²) >= 11 is 3.37. The average Bonchev–Trinajstić information content (AvgIpc) is 2.91. The van der Waals surface area contributed by atoms with Crippen LogP contribution in [0.3, 0.4) is 0 Å². The summed E-state index contributed by atoms with van der Waals surface area (Å²) in [6.45, 7) is 3.52. The average molecular weight is 605 g/mol. The molecular weight excluding hydrogens is 573 g/mol. The molecule has 0 saturated heterocycles. The van der Waals surface area contributed by atoms with Crippen LogP contribution in [0.2, 0.25) is 0 Å². The van der Waals surface area contributed by atoms with Gasteiger partial charge in [0.15, 0.2) is 0 Å². The van der Waals surface area contributed by atoms with Gasteiger partial charge in [-0.05, 0) is 61.4 Å². The van der Waals surface area contributed by atoms with Gasteiger partial charge in [0, 0.05) is 17.6 Å². The summed E-state index contributed by atoms with van der Waals surface area (Å²) in [6.07, 6.45) is 1.68. The van der Waals surface area contributed by atoms with Crippen LogP contribution in [0.1, 0.15) is 32.3 Å². The third-order valence-electron chi connectivity index (χ3n) is 5.97. The van der Waals surface area contributed by atoms with E-state index in [0.29, 0.717) is 22.3 Å². The molecular formula is C28H31BrFN3O4S. The first-order valence-corrected chi connectivity index (χ1v) is 14.5. The van der Waals surface area contributed by atoms with Crippen molar-refractivity contribution in [1.82, 2.24) is 10.2 Å². The summed E-state index contributed by atoms with van der Waals surface area (Å²) in [5, 5.41) is 2.83. The minimum absolute atomic E-state index is 0.000807. The second-order valence-corrected chi connectivity index (χ2v) is 11.6. The second kappa shape index (κ2) is 13.5. The largest absolute Gasteiger partial charge is 0.354 e. The van der Waals surface area contributed by atoms with Crippen LogP contribution >= 0.6 is 15.9 Å². The molecule has 7 nitrogen and oxygen atoms in total. The van der Waals surface area contributed by atoms with Gasteiger partial charge >= 0.3 is 0 Å². The number of rotatable bonds is 12. The summed E-state index contributed by atoms with van der Waals surface area (Å²) in [5.74, 6) is -1.35. The predicted molar refractivity (Wildman–Crippen MR) is 149 cm³/mol. The van der Waals surface area contributed by atoms with Crippen LogP contribution in [0.5, 0.6) is 0 Å². The monoisotopic (exact) mass is 603 g/mol. The second-order valence-electron chi connectivity index (χ2n) is 8.77. The number of amides is 2. The van der Waals surface area contributed by atoms with E-state index in [4.69, 9.17) is 0 Å². The molecule has 0 bridgehead atoms. The van der Waals surface area contributed by atoms with Crippen molar-refractivity contribution in [1.29, 1.82) is 0 Å². The van der Waals surface area contributed by atoms with Gasteiger partial charge in [0.25, 0.3) is 10.0 Å². The van der Waals surface area contributed by atoms with Crippen LogP contribution in [0.25, 0.3) is 0 Å². The first kappa shape index (κ1) is 29.3. The Kier molecular flexibility index (Phi) is 10.4. The molecule has 0 saturated carbocycles. The molecule has 0 heterocycles. The molecule has 3 aromatic rings. The molecule has 0 spiro atoms. The van der Waals surface area contributed by atoms with Crippen LogP contribution < -0.4 is 9.62 Å². The number of hydrogen-bond donors (Lipinski definition) is 1. The molecule has 1 atom stereocenters. The summed E-state index contributed by atoms with van der Waals surface area (Å²) in [5.41, 5.74) is 0.895. The Bertz CT molecular complexity index is 1340. The summed E-state index contributed by atoms with van der Waals surface area (Å²) in [4.78, 5) is 28.1. The minimum Gasteiger partial charge on any atom is -0.354 e. The molecule has 0 aromatic heterocycles. The maximum Gasteiger partial charge on any atom is 0.264 e. The molecule has 202 valence electrons. The van der Waals surface area contributed by atoms with Gasteiger partial charge in [-0.15, -0.1) is 0 Å². The summed E-state index contributed by atoms with van der Waals surface area (Å²) in [7, 11) is -4.13. The third-order valence-corrected chi connectivity index (χ3v) is 8.25. The lowest BCUT2D eigenvalue weighted by atomic mass is 10.1. The van der Waals surface area contributed by atoms with Crippen molar-refractivity contribution in [3.63, 3.8) is 0 Å². The third kappa shape index (κ3) is 7.64. The number of carbonyl (C=O) groups excluding carboxylic acids is 2. The number of halogens is 2. The predicted octanol–water partition coefficient (Wildman–Crippen LogP) is 5.12. The number of anilines is 1. The quantitative estimate of drug-likeness (QED) is 0.291. The van der Waals surface area contributed by atoms with Crippen molar-refractivity contribution in [2.75, 3.05) is 17.4 Å². The fourth-order valence-corrected chi connectivity index (χ4v) is 5.60. The normalized spacial score (nSPS) is 12.0. The number of hydrogen-bond acceptors (Lipinski definition) is 4. The van der Waals surface area contributed by atoms with Gasteiger partial charge in [-0.2, -0.15) is 0 Å². The van der Waals surface area contributed by atoms with E-state index in [2.05, 4.69) is 21.2 Å². The van der Waals surface area contributed by atoms with Gasteiger partial charge in [0.05, 0.1) is 10.6 Å². The van der Waals surface area contributed by atoms with Crippen molar-refractivity contribution in [2.24, 2.45) is 0 Å². The molecule has 0 aliphatic heterocycles. The first-order valence-electron chi connectivity index (χ1n) is 12.3. The molecule has 0 fully saturated rings. The summed E-state index contributed by atoms with van der Waals surface area (Å²) < 4.78 is 42.6. The van der Waals surface area contributed by atoms with Crippen LogP contribution in [0.15, 0.2) is 88.2 Å². The fraction of sp³-hybridized carbons (Fsp3) is 0.286. The van der Waals surface area contributed by atoms with Crippen molar-refractivity contribution in [3.05, 3.63) is 94.7 Å². The SMILES string of the molecule is CCCCNC(=O)[C@@H](C)N(Cc1ccc(F)cc1)C(=O)CN(c1cccc(Br)c1)S(=O)(=O)c1ccccc1. The molecule has 10 heteroatoms. The Morgan fingerprint density at radius 2 is 1.68 bits per heavy atom. The number of sulfonamides is 1. The standard InChI is InChI=1S/C28H31BrFN3O4S/c1-3-4-17-31-28(35)21(2)32(19-22-13-15-24(30)16-14-22)27(34)20-33(25-10-8-9-23(29)18-25)38(36,37)26-11-6-5-7-12-26/h5-16,18,21H,3-4,17,19-20H2,1-2H3,(H,31,35)/t21-/m1/s1. The molecule has 0 aliphatic rings. The van der Waals surface area contributed by atoms with Crippen LogP contribution in [-0.4, -0.2) is 44.3 Å². The van der Waals surface area contributed by atoms with E-state index in [0.717, 1.165) is 17.1 Å². The molecule has 0 aliphatic carbocycles. The topological polar surface area (TPSA) is 86.8 Å². The smallest absolute Gasteiger partial charge is 0.264 e. The highest BCUT2D eigenvalue weighted by molar-refractivity contribution is 9.10. The summed E-state index contributed by atoms with van der Waals surface area (Å²) in [6, 6.07) is 19.2. The van der Waals surface area contributed by atoms with Gasteiger partial charge in [-0.25, -0.2) is 12.8 Å². The van der Waals surface area contributed by atoms with Gasteiger partial charge in [0.2, 0.25) is 11.8 Å². The fourth-order valence-electron chi connectivity index (χ4n) is 3.78. The molecule has 3 rings (SSSR count). The Morgan fingerprint density at radius 1 is 1.00 bits per heavy atom. The number of nitrogens with one attached hydrogen (secondary N) is 1. The maximum atomic E-state index is 13.8. The molecule has 3 aromatic carbocycles. The van der Waals surface area contributed by atoms with E-state index in [1.165, 1.54) is 41.3 Å². The molecule has 0 unspecified atom stereocenters. The zero-order valence-corrected chi connectivity index (χ0v) is 23.7. The Hall–Kier alpha value is -3.24. The Morgan fingerprint density at radius 3 is 2.32 bits per heavy atom. The lowest BCUT2D eigenvalue weighted by molar-refractivity contribution is -0.139. The highest BCUT2D eigenvalue weighted by Gasteiger charge is 2.32. The molecule has 0 radical (unpaired) electrons. The lowest BCUT2D eigenvalue weighted by Gasteiger charge is -2.32. The van der Waals surface area contributed by atoms with E-state index < -0.39 is 34.3 Å². The Balaban J connectivity index is 1.98. The van der Waals surface area contributed by atoms with Crippen molar-refractivity contribution < 1.29 is 22.4 Å². The molecule has 38 heavy (non-hydrogen) atoms. The van der Waals surface area contributed by atoms with E-state index in [1.54, 1.807) is 49.4 Å². The molecule has 2 amide bonds. The van der Waals surface area contributed by atoms with Crippen LogP contribution in [0, 0.1) is 5.82 Å². The van der Waals surface area contributed by atoms with Crippen molar-refractivity contribution in [2.45, 2.75) is 44.2 Å². The van der Waals surface area contributed by atoms with E-state index in [-0.39, 0.29) is 17.3 Å². The molecule has 1 N–H and O–H groups in total. The van der Waals surface area contributed by atoms with Gasteiger partial charge in [-0.3, -0.25) is 13.9 Å². The highest BCUT2D eigenvalue weighted by atomic mass is 79.9. The van der Waals surface area contributed by atoms with Crippen LogP contribution in [0.4, 0.5) is 10.1 Å². The number of unbranched alkanes of at least 4 members (excludes halogenated alkanes) is 1. The lowest BCUT2D eigenvalue weighted by Crippen LogP contribution is -2.51.